The number of likely N-dealkylation sites (tertiary alicyclic amines) is 1. The van der Waals surface area contributed by atoms with Crippen molar-refractivity contribution in [3.05, 3.63) is 22.4 Å². The number of rotatable bonds is 7. The molecule has 7 nitrogen and oxygen atoms in total. The predicted octanol–water partition coefficient (Wildman–Crippen LogP) is 1.83. The van der Waals surface area contributed by atoms with Crippen molar-refractivity contribution in [3.63, 3.8) is 0 Å². The molecule has 2 amide bonds. The van der Waals surface area contributed by atoms with E-state index >= 15 is 0 Å². The van der Waals surface area contributed by atoms with Gasteiger partial charge in [-0.1, -0.05) is 20.8 Å². The fraction of sp³-hybridized carbons (Fsp3) is 0.667. The average Bonchev–Trinajstić information content (AvgIpc) is 3.39. The number of ether oxygens (including phenoxy) is 1. The zero-order valence-electron chi connectivity index (χ0n) is 17.4. The molecule has 0 aromatic carbocycles. The van der Waals surface area contributed by atoms with Crippen molar-refractivity contribution in [2.24, 2.45) is 5.41 Å². The monoisotopic (exact) mass is 421 g/mol. The summed E-state index contributed by atoms with van der Waals surface area (Å²) in [4.78, 5) is 40.2. The summed E-state index contributed by atoms with van der Waals surface area (Å²) in [7, 11) is 0. The molecule has 0 saturated carbocycles. The van der Waals surface area contributed by atoms with E-state index in [1.165, 1.54) is 11.3 Å². The highest BCUT2D eigenvalue weighted by Gasteiger charge is 2.40. The van der Waals surface area contributed by atoms with E-state index in [9.17, 15) is 14.4 Å². The molecule has 0 bridgehead atoms. The Balaban J connectivity index is 1.66. The number of ketones is 1. The summed E-state index contributed by atoms with van der Waals surface area (Å²) in [6.07, 6.45) is 2.43. The number of hydrogen-bond acceptors (Lipinski definition) is 6. The quantitative estimate of drug-likeness (QED) is 0.701. The van der Waals surface area contributed by atoms with Crippen LogP contribution >= 0.6 is 11.3 Å². The molecule has 160 valence electrons. The lowest BCUT2D eigenvalue weighted by Gasteiger charge is -2.28. The Kier molecular flexibility index (Phi) is 7.08. The first kappa shape index (κ1) is 21.9. The van der Waals surface area contributed by atoms with Crippen molar-refractivity contribution in [1.82, 2.24) is 15.5 Å². The van der Waals surface area contributed by atoms with Crippen LogP contribution in [0.25, 0.3) is 0 Å². The van der Waals surface area contributed by atoms with E-state index in [1.807, 2.05) is 26.2 Å². The van der Waals surface area contributed by atoms with Crippen molar-refractivity contribution < 1.29 is 19.1 Å². The second-order valence-electron chi connectivity index (χ2n) is 9.11. The largest absolute Gasteiger partial charge is 0.366 e. The number of carbonyl (C=O) groups is 3. The molecule has 0 aliphatic carbocycles. The fourth-order valence-electron chi connectivity index (χ4n) is 3.84. The van der Waals surface area contributed by atoms with Gasteiger partial charge in [-0.25, -0.2) is 0 Å². The maximum atomic E-state index is 13.1. The van der Waals surface area contributed by atoms with Crippen LogP contribution in [-0.4, -0.2) is 66.9 Å². The SMILES string of the molecule is CC(C)(C)C[C@H](NC(=O)c1ccsc1)C(=O)NC1C(=O)COC1CN1CCCC1. The van der Waals surface area contributed by atoms with E-state index in [0.29, 0.717) is 18.5 Å². The second kappa shape index (κ2) is 9.36. The summed E-state index contributed by atoms with van der Waals surface area (Å²) in [5.41, 5.74) is 0.364. The summed E-state index contributed by atoms with van der Waals surface area (Å²) >= 11 is 1.43. The molecule has 0 spiro atoms. The number of Topliss-reactive ketones (excluding diaryl/α,β-unsaturated/α-hetero) is 1. The zero-order valence-corrected chi connectivity index (χ0v) is 18.2. The van der Waals surface area contributed by atoms with Crippen LogP contribution in [0, 0.1) is 5.41 Å². The Labute approximate surface area is 176 Å². The lowest BCUT2D eigenvalue weighted by molar-refractivity contribution is -0.128. The molecule has 2 aliphatic rings. The Bertz CT molecular complexity index is 723. The van der Waals surface area contributed by atoms with Gasteiger partial charge in [0.05, 0.1) is 11.7 Å². The minimum atomic E-state index is -0.719. The van der Waals surface area contributed by atoms with Gasteiger partial charge >= 0.3 is 0 Å². The van der Waals surface area contributed by atoms with Crippen LogP contribution in [-0.2, 0) is 14.3 Å². The lowest BCUT2D eigenvalue weighted by atomic mass is 9.87. The highest BCUT2D eigenvalue weighted by atomic mass is 32.1. The van der Waals surface area contributed by atoms with Crippen LogP contribution in [0.15, 0.2) is 16.8 Å². The summed E-state index contributed by atoms with van der Waals surface area (Å²) in [6.45, 7) is 8.71. The minimum Gasteiger partial charge on any atom is -0.366 e. The first-order valence-electron chi connectivity index (χ1n) is 10.2. The van der Waals surface area contributed by atoms with E-state index in [2.05, 4.69) is 15.5 Å². The molecule has 1 aromatic rings. The molecule has 3 rings (SSSR count). The smallest absolute Gasteiger partial charge is 0.252 e. The highest BCUT2D eigenvalue weighted by molar-refractivity contribution is 7.08. The van der Waals surface area contributed by atoms with Crippen molar-refractivity contribution in [2.45, 2.75) is 58.2 Å². The van der Waals surface area contributed by atoms with Crippen LogP contribution in [0.2, 0.25) is 0 Å². The third-order valence-corrected chi connectivity index (χ3v) is 6.00. The zero-order chi connectivity index (χ0) is 21.0. The Morgan fingerprint density at radius 3 is 2.66 bits per heavy atom. The second-order valence-corrected chi connectivity index (χ2v) is 9.89. The Hall–Kier alpha value is -1.77. The van der Waals surface area contributed by atoms with Gasteiger partial charge in [0, 0.05) is 11.9 Å². The molecule has 2 unspecified atom stereocenters. The van der Waals surface area contributed by atoms with Crippen LogP contribution in [0.1, 0.15) is 50.4 Å². The number of amides is 2. The average molecular weight is 422 g/mol. The number of thiophene rings is 1. The van der Waals surface area contributed by atoms with E-state index in [4.69, 9.17) is 4.74 Å². The summed E-state index contributed by atoms with van der Waals surface area (Å²) in [5, 5.41) is 9.30. The van der Waals surface area contributed by atoms with E-state index < -0.39 is 12.1 Å². The molecule has 2 aliphatic heterocycles. The van der Waals surface area contributed by atoms with Crippen LogP contribution in [0.5, 0.6) is 0 Å². The van der Waals surface area contributed by atoms with Gasteiger partial charge in [-0.2, -0.15) is 11.3 Å². The minimum absolute atomic E-state index is 0.0225. The van der Waals surface area contributed by atoms with Crippen molar-refractivity contribution in [2.75, 3.05) is 26.2 Å². The third-order valence-electron chi connectivity index (χ3n) is 5.31. The summed E-state index contributed by atoms with van der Waals surface area (Å²) in [5.74, 6) is -0.724. The number of nitrogens with one attached hydrogen (secondary N) is 2. The Morgan fingerprint density at radius 2 is 2.03 bits per heavy atom. The topological polar surface area (TPSA) is 87.7 Å². The van der Waals surface area contributed by atoms with Gasteiger partial charge in [0.2, 0.25) is 5.91 Å². The first-order valence-corrected chi connectivity index (χ1v) is 11.2. The molecule has 29 heavy (non-hydrogen) atoms. The van der Waals surface area contributed by atoms with Gasteiger partial charge in [0.15, 0.2) is 5.78 Å². The number of nitrogens with zero attached hydrogens (tertiary/aromatic N) is 1. The van der Waals surface area contributed by atoms with Crippen molar-refractivity contribution >= 4 is 28.9 Å². The summed E-state index contributed by atoms with van der Waals surface area (Å²) in [6, 6.07) is 0.346. The van der Waals surface area contributed by atoms with Crippen molar-refractivity contribution in [1.29, 1.82) is 0 Å². The third kappa shape index (κ3) is 6.10. The molecule has 8 heteroatoms. The predicted molar refractivity (Wildman–Crippen MR) is 112 cm³/mol. The molecular formula is C21H31N3O4S. The maximum absolute atomic E-state index is 13.1. The van der Waals surface area contributed by atoms with Gasteiger partial charge < -0.3 is 20.3 Å². The maximum Gasteiger partial charge on any atom is 0.252 e. The molecule has 3 atom stereocenters. The first-order chi connectivity index (χ1) is 13.7. The molecule has 2 saturated heterocycles. The van der Waals surface area contributed by atoms with E-state index in [0.717, 1.165) is 25.9 Å². The fourth-order valence-corrected chi connectivity index (χ4v) is 4.48. The normalized spacial score (nSPS) is 23.9. The molecule has 3 heterocycles. The van der Waals surface area contributed by atoms with E-state index in [-0.39, 0.29) is 35.7 Å². The van der Waals surface area contributed by atoms with Crippen LogP contribution < -0.4 is 10.6 Å². The summed E-state index contributed by atoms with van der Waals surface area (Å²) < 4.78 is 5.67. The highest BCUT2D eigenvalue weighted by Crippen LogP contribution is 2.22. The molecule has 2 fully saturated rings. The Morgan fingerprint density at radius 1 is 1.31 bits per heavy atom. The van der Waals surface area contributed by atoms with E-state index in [1.54, 1.807) is 11.4 Å². The van der Waals surface area contributed by atoms with Crippen LogP contribution in [0.3, 0.4) is 0 Å². The van der Waals surface area contributed by atoms with Crippen LogP contribution in [0.4, 0.5) is 0 Å². The molecule has 0 radical (unpaired) electrons. The lowest BCUT2D eigenvalue weighted by Crippen LogP contribution is -2.55. The van der Waals surface area contributed by atoms with Gasteiger partial charge in [-0.3, -0.25) is 14.4 Å². The number of carbonyl (C=O) groups excluding carboxylic acids is 3. The molecule has 1 aromatic heterocycles. The van der Waals surface area contributed by atoms with Crippen molar-refractivity contribution in [3.8, 4) is 0 Å². The molecule has 2 N–H and O–H groups in total. The molecular weight excluding hydrogens is 390 g/mol. The van der Waals surface area contributed by atoms with Gasteiger partial charge in [-0.15, -0.1) is 0 Å². The van der Waals surface area contributed by atoms with Gasteiger partial charge in [0.1, 0.15) is 18.7 Å². The van der Waals surface area contributed by atoms with Gasteiger partial charge in [0.25, 0.3) is 5.91 Å². The standard InChI is InChI=1S/C21H31N3O4S/c1-21(2,3)10-15(22-19(26)14-6-9-29-13-14)20(27)23-18-16(25)12-28-17(18)11-24-7-4-5-8-24/h6,9,13,15,17-18H,4-5,7-8,10-12H2,1-3H3,(H,22,26)(H,23,27)/t15-,17?,18?/m0/s1. The number of hydrogen-bond donors (Lipinski definition) is 2. The van der Waals surface area contributed by atoms with Gasteiger partial charge in [-0.05, 0) is 49.2 Å².